The summed E-state index contributed by atoms with van der Waals surface area (Å²) in [6.45, 7) is 9.97. The van der Waals surface area contributed by atoms with Crippen LogP contribution in [0.15, 0.2) is 127 Å². The molecule has 0 spiro atoms. The zero-order valence-corrected chi connectivity index (χ0v) is 47.2. The first kappa shape index (κ1) is 63.6. The highest BCUT2D eigenvalue weighted by Crippen LogP contribution is 2.40. The van der Waals surface area contributed by atoms with Crippen molar-refractivity contribution < 1.29 is 79.0 Å². The Morgan fingerprint density at radius 1 is 0.506 bits per heavy atom. The van der Waals surface area contributed by atoms with E-state index in [9.17, 15) is 69.5 Å². The van der Waals surface area contributed by atoms with Gasteiger partial charge in [0.15, 0.2) is 11.5 Å². The molecular weight excluding hydrogens is 1250 g/mol. The van der Waals surface area contributed by atoms with Crippen molar-refractivity contribution in [3.8, 4) is 57.6 Å². The fourth-order valence-corrected chi connectivity index (χ4v) is 11.4. The first-order chi connectivity index (χ1) is 37.4. The van der Waals surface area contributed by atoms with Crippen molar-refractivity contribution in [1.29, 1.82) is 0 Å². The van der Waals surface area contributed by atoms with Gasteiger partial charge in [-0.1, -0.05) is 66.4 Å². The molecule has 0 radical (unpaired) electrons. The van der Waals surface area contributed by atoms with Crippen LogP contribution in [0.1, 0.15) is 74.9 Å². The smallest absolute Gasteiger partial charge is 0.416 e. The Morgan fingerprint density at radius 2 is 0.901 bits per heavy atom. The van der Waals surface area contributed by atoms with Gasteiger partial charge in [-0.05, 0) is 148 Å². The number of ether oxygens (including phenoxy) is 2. The van der Waals surface area contributed by atoms with Crippen LogP contribution in [-0.4, -0.2) is 60.3 Å². The number of alkyl halides is 12. The van der Waals surface area contributed by atoms with Crippen LogP contribution in [0.2, 0.25) is 0 Å². The van der Waals surface area contributed by atoms with Gasteiger partial charge in [0.2, 0.25) is 31.8 Å². The SMILES string of the molecule is CCn1nc(-c2cccc(C(C)(C)NS(=O)(=O)CC(F)(F)F)c2)c(C#Cc2ccccc2)c1Oc1ccc(C(F)(F)F)cc1.CCn1nc(-c2cccc(C(C)(C)NS(=O)(=O)CC(F)(F)F)c2)c(I)c1Oc1ccc(C(F)(F)F)cc1. The number of hydrogen-bond donors (Lipinski definition) is 2. The lowest BCUT2D eigenvalue weighted by atomic mass is 9.93. The van der Waals surface area contributed by atoms with E-state index in [1.165, 1.54) is 61.3 Å². The van der Waals surface area contributed by atoms with Gasteiger partial charge < -0.3 is 9.47 Å². The van der Waals surface area contributed by atoms with E-state index in [0.717, 1.165) is 24.3 Å². The predicted octanol–water partition coefficient (Wildman–Crippen LogP) is 14.2. The molecule has 7 aromatic rings. The van der Waals surface area contributed by atoms with Crippen LogP contribution in [-0.2, 0) is 56.6 Å². The summed E-state index contributed by atoms with van der Waals surface area (Å²) < 4.78 is 223. The minimum absolute atomic E-state index is 0.107. The quantitative estimate of drug-likeness (QED) is 0.0552. The number of nitrogens with one attached hydrogen (secondary N) is 2. The molecule has 0 fully saturated rings. The summed E-state index contributed by atoms with van der Waals surface area (Å²) in [5.41, 5.74) is -1.04. The third kappa shape index (κ3) is 17.5. The Bertz CT molecular complexity index is 3630. The third-order valence-electron chi connectivity index (χ3n) is 11.5. The zero-order chi connectivity index (χ0) is 60.1. The number of aryl methyl sites for hydroxylation is 2. The molecule has 7 rings (SSSR count). The standard InChI is InChI=1S/C31H27F6N3O3S.C23H22F6IN3O3S/c1-4-40-28(43-25-16-14-23(15-17-25)31(35,36)37)26(18-13-21-9-6-5-7-10-21)27(38-40)22-11-8-12-24(19-22)29(2,3)39-44(41,42)20-30(32,33)34;1-4-33-20(36-17-10-8-15(9-11-17)23(27,28)29)18(30)19(31-33)14-6-5-7-16(12-14)21(2,3)32-37(34,35)13-22(24,25)26/h5-12,14-17,19,39H,4,20H2,1-3H3;5-12,32H,4,13H2,1-3H3. The molecule has 434 valence electrons. The molecule has 0 bridgehead atoms. The summed E-state index contributed by atoms with van der Waals surface area (Å²) in [7, 11) is -9.40. The van der Waals surface area contributed by atoms with E-state index >= 15 is 0 Å². The zero-order valence-electron chi connectivity index (χ0n) is 43.4. The van der Waals surface area contributed by atoms with Crippen molar-refractivity contribution in [2.24, 2.45) is 0 Å². The average molecular weight is 1300 g/mol. The molecular formula is C54H49F12IN6O6S2. The molecule has 0 aliphatic heterocycles. The number of rotatable bonds is 16. The molecule has 0 aliphatic carbocycles. The molecule has 27 heteroatoms. The molecule has 0 aliphatic rings. The normalized spacial score (nSPS) is 12.8. The maximum Gasteiger partial charge on any atom is 0.416 e. The van der Waals surface area contributed by atoms with Gasteiger partial charge in [0.05, 0.1) is 22.2 Å². The Balaban J connectivity index is 0.000000265. The largest absolute Gasteiger partial charge is 0.438 e. The van der Waals surface area contributed by atoms with E-state index < -0.39 is 78.5 Å². The second-order valence-corrected chi connectivity index (χ2v) is 23.4. The van der Waals surface area contributed by atoms with Crippen LogP contribution < -0.4 is 18.9 Å². The molecule has 2 heterocycles. The molecule has 0 atom stereocenters. The minimum Gasteiger partial charge on any atom is -0.438 e. The minimum atomic E-state index is -4.92. The summed E-state index contributed by atoms with van der Waals surface area (Å²) in [6, 6.07) is 30.2. The van der Waals surface area contributed by atoms with Gasteiger partial charge in [-0.25, -0.2) is 35.6 Å². The fraction of sp³-hybridized carbons (Fsp3) is 0.296. The van der Waals surface area contributed by atoms with Gasteiger partial charge in [0.1, 0.15) is 32.0 Å². The summed E-state index contributed by atoms with van der Waals surface area (Å²) in [4.78, 5) is 0. The Morgan fingerprint density at radius 3 is 1.31 bits per heavy atom. The Kier molecular flexibility index (Phi) is 19.2. The number of sulfonamides is 2. The Labute approximate surface area is 472 Å². The van der Waals surface area contributed by atoms with Crippen LogP contribution in [0.25, 0.3) is 22.5 Å². The first-order valence-corrected chi connectivity index (χ1v) is 28.3. The highest BCUT2D eigenvalue weighted by atomic mass is 127. The van der Waals surface area contributed by atoms with E-state index in [1.54, 1.807) is 86.6 Å². The average Bonchev–Trinajstić information content (AvgIpc) is 3.90. The van der Waals surface area contributed by atoms with Crippen molar-refractivity contribution in [3.05, 3.63) is 164 Å². The number of halogens is 13. The number of hydrogen-bond acceptors (Lipinski definition) is 8. The molecule has 0 unspecified atom stereocenters. The van der Waals surface area contributed by atoms with Gasteiger partial charge in [-0.2, -0.15) is 62.9 Å². The van der Waals surface area contributed by atoms with E-state index in [-0.39, 0.29) is 23.3 Å². The highest BCUT2D eigenvalue weighted by molar-refractivity contribution is 14.1. The van der Waals surface area contributed by atoms with E-state index in [0.29, 0.717) is 61.4 Å². The lowest BCUT2D eigenvalue weighted by Crippen LogP contribution is -2.44. The van der Waals surface area contributed by atoms with Gasteiger partial charge in [0.25, 0.3) is 0 Å². The lowest BCUT2D eigenvalue weighted by Gasteiger charge is -2.27. The number of benzene rings is 5. The van der Waals surface area contributed by atoms with Crippen LogP contribution in [0, 0.1) is 15.4 Å². The van der Waals surface area contributed by atoms with Crippen molar-refractivity contribution in [2.45, 2.75) is 90.4 Å². The molecule has 12 nitrogen and oxygen atoms in total. The summed E-state index contributed by atoms with van der Waals surface area (Å²) in [6.07, 6.45) is -18.8. The van der Waals surface area contributed by atoms with Crippen molar-refractivity contribution in [1.82, 2.24) is 29.0 Å². The molecule has 2 aromatic heterocycles. The topological polar surface area (TPSA) is 146 Å². The summed E-state index contributed by atoms with van der Waals surface area (Å²) in [5, 5.41) is 9.15. The first-order valence-electron chi connectivity index (χ1n) is 23.9. The van der Waals surface area contributed by atoms with E-state index in [1.807, 2.05) is 28.7 Å². The van der Waals surface area contributed by atoms with Crippen LogP contribution in [0.5, 0.6) is 23.3 Å². The fourth-order valence-electron chi connectivity index (χ4n) is 7.81. The molecule has 2 N–H and O–H groups in total. The highest BCUT2D eigenvalue weighted by Gasteiger charge is 2.40. The van der Waals surface area contributed by atoms with Gasteiger partial charge in [0, 0.05) is 29.8 Å². The second-order valence-electron chi connectivity index (χ2n) is 18.9. The molecule has 0 amide bonds. The summed E-state index contributed by atoms with van der Waals surface area (Å²) >= 11 is 1.98. The van der Waals surface area contributed by atoms with Crippen molar-refractivity contribution >= 4 is 42.6 Å². The predicted molar refractivity (Wildman–Crippen MR) is 287 cm³/mol. The van der Waals surface area contributed by atoms with E-state index in [2.05, 4.69) is 31.5 Å². The monoisotopic (exact) mass is 1300 g/mol. The van der Waals surface area contributed by atoms with Gasteiger partial charge in [-0.3, -0.25) is 0 Å². The Hall–Kier alpha value is -6.61. The second kappa shape index (κ2) is 24.5. The number of aromatic nitrogens is 4. The van der Waals surface area contributed by atoms with Gasteiger partial charge in [-0.15, -0.1) is 0 Å². The maximum absolute atomic E-state index is 13.1. The molecule has 0 saturated carbocycles. The maximum atomic E-state index is 13.1. The lowest BCUT2D eigenvalue weighted by molar-refractivity contribution is -0.138. The van der Waals surface area contributed by atoms with Crippen LogP contribution >= 0.6 is 22.6 Å². The van der Waals surface area contributed by atoms with E-state index in [4.69, 9.17) is 9.47 Å². The number of nitrogens with zero attached hydrogens (tertiary/aromatic N) is 4. The van der Waals surface area contributed by atoms with Crippen LogP contribution in [0.4, 0.5) is 52.7 Å². The van der Waals surface area contributed by atoms with Gasteiger partial charge >= 0.3 is 24.7 Å². The summed E-state index contributed by atoms with van der Waals surface area (Å²) in [5.74, 6) is 2.76. The third-order valence-corrected chi connectivity index (χ3v) is 15.5. The molecule has 0 saturated heterocycles. The van der Waals surface area contributed by atoms with Crippen molar-refractivity contribution in [3.63, 3.8) is 0 Å². The van der Waals surface area contributed by atoms with Crippen molar-refractivity contribution in [2.75, 3.05) is 11.5 Å². The molecule has 81 heavy (non-hydrogen) atoms. The van der Waals surface area contributed by atoms with Crippen LogP contribution in [0.3, 0.4) is 0 Å². The molecule has 5 aromatic carbocycles.